The molecule has 0 spiro atoms. The van der Waals surface area contributed by atoms with Crippen LogP contribution in [0.1, 0.15) is 12.5 Å². The van der Waals surface area contributed by atoms with E-state index in [0.29, 0.717) is 0 Å². The number of rotatable bonds is 4. The van der Waals surface area contributed by atoms with Crippen LogP contribution in [0, 0.1) is 0 Å². The van der Waals surface area contributed by atoms with Crippen molar-refractivity contribution >= 4 is 23.3 Å². The third kappa shape index (κ3) is 3.24. The van der Waals surface area contributed by atoms with Crippen LogP contribution < -0.4 is 0 Å². The van der Waals surface area contributed by atoms with Gasteiger partial charge in [-0.05, 0) is 0 Å². The van der Waals surface area contributed by atoms with Gasteiger partial charge < -0.3 is 0 Å². The molecule has 0 saturated heterocycles. The minimum absolute atomic E-state index is 1.03. The second-order valence-corrected chi connectivity index (χ2v) is 5.49. The summed E-state index contributed by atoms with van der Waals surface area (Å²) in [6.07, 6.45) is 8.14. The molecule has 23 heavy (non-hydrogen) atoms. The van der Waals surface area contributed by atoms with Gasteiger partial charge in [-0.15, -0.1) is 0 Å². The molecule has 0 saturated carbocycles. The number of benzene rings is 2. The fourth-order valence-corrected chi connectivity index (χ4v) is 2.84. The summed E-state index contributed by atoms with van der Waals surface area (Å²) >= 11 is 0. The maximum atomic E-state index is 4.26. The molecule has 0 unspecified atom stereocenters. The Bertz CT molecular complexity index is 881. The first kappa shape index (κ1) is 15.2. The van der Waals surface area contributed by atoms with Crippen molar-refractivity contribution in [1.82, 2.24) is 0 Å². The Labute approximate surface area is 138 Å². The topological polar surface area (TPSA) is 0 Å². The van der Waals surface area contributed by atoms with Gasteiger partial charge in [0, 0.05) is 0 Å². The number of hydrogen-bond donors (Lipinski definition) is 0. The standard InChI is InChI=1S/C22H19B/c1-3-4-5-10-17(2)19-13-8-11-18-12-9-14-20(22(18)19)21-15-6-7-16-23-21/h3-16H,2H2,1H3/b4-3-,10-5-. The molecule has 0 fully saturated rings. The molecule has 2 aromatic carbocycles. The molecule has 0 N–H and O–H groups in total. The van der Waals surface area contributed by atoms with E-state index in [1.54, 1.807) is 0 Å². The molecule has 0 amide bonds. The molecule has 0 nitrogen and oxygen atoms in total. The van der Waals surface area contributed by atoms with Gasteiger partial charge in [-0.25, -0.2) is 0 Å². The van der Waals surface area contributed by atoms with Crippen LogP contribution in [-0.2, 0) is 0 Å². The van der Waals surface area contributed by atoms with E-state index >= 15 is 0 Å². The average Bonchev–Trinajstić information content (AvgIpc) is 2.61. The van der Waals surface area contributed by atoms with E-state index in [9.17, 15) is 0 Å². The normalized spacial score (nSPS) is 11.3. The van der Waals surface area contributed by atoms with Gasteiger partial charge in [-0.3, -0.25) is 0 Å². The second-order valence-electron chi connectivity index (χ2n) is 5.49. The Balaban J connectivity index is 2.22. The summed E-state index contributed by atoms with van der Waals surface area (Å²) in [5.74, 6) is 2.08. The Hall–Kier alpha value is -2.67. The van der Waals surface area contributed by atoms with Crippen molar-refractivity contribution in [2.24, 2.45) is 0 Å². The SMILES string of the molecule is C=C(/C=C\C=C/C)c1cccc2cccc(-c3bcccc3)c12. The van der Waals surface area contributed by atoms with Gasteiger partial charge in [0.15, 0.2) is 0 Å². The van der Waals surface area contributed by atoms with E-state index in [1.165, 1.54) is 27.4 Å². The summed E-state index contributed by atoms with van der Waals surface area (Å²) < 4.78 is 0. The monoisotopic (exact) mass is 294 g/mol. The van der Waals surface area contributed by atoms with Crippen LogP contribution in [-0.4, -0.2) is 6.91 Å². The Kier molecular flexibility index (Phi) is 4.68. The van der Waals surface area contributed by atoms with E-state index in [4.69, 9.17) is 0 Å². The fourth-order valence-electron chi connectivity index (χ4n) is 2.84. The molecular weight excluding hydrogens is 275 g/mol. The third-order valence-corrected chi connectivity index (χ3v) is 3.94. The molecule has 0 bridgehead atoms. The van der Waals surface area contributed by atoms with Gasteiger partial charge in [-0.1, -0.05) is 0 Å². The summed E-state index contributed by atoms with van der Waals surface area (Å²) in [4.78, 5) is 0. The summed E-state index contributed by atoms with van der Waals surface area (Å²) in [6, 6.07) is 19.2. The fraction of sp³-hybridized carbons (Fsp3) is 0.0455. The number of hydrogen-bond acceptors (Lipinski definition) is 0. The summed E-state index contributed by atoms with van der Waals surface area (Å²) in [6.45, 7) is 8.43. The van der Waals surface area contributed by atoms with Crippen molar-refractivity contribution in [3.05, 3.63) is 97.0 Å². The van der Waals surface area contributed by atoms with Crippen LogP contribution in [0.2, 0.25) is 0 Å². The summed E-state index contributed by atoms with van der Waals surface area (Å²) in [7, 11) is 0. The molecule has 0 aliphatic heterocycles. The first-order valence-electron chi connectivity index (χ1n) is 7.87. The van der Waals surface area contributed by atoms with Gasteiger partial charge in [0.25, 0.3) is 0 Å². The van der Waals surface area contributed by atoms with Crippen LogP contribution in [0.3, 0.4) is 0 Å². The molecule has 1 heteroatoms. The van der Waals surface area contributed by atoms with E-state index < -0.39 is 0 Å². The minimum atomic E-state index is 1.03. The third-order valence-electron chi connectivity index (χ3n) is 3.94. The van der Waals surface area contributed by atoms with Crippen molar-refractivity contribution in [3.63, 3.8) is 0 Å². The van der Waals surface area contributed by atoms with Crippen molar-refractivity contribution in [2.45, 2.75) is 6.92 Å². The Morgan fingerprint density at radius 3 is 2.52 bits per heavy atom. The van der Waals surface area contributed by atoms with Crippen molar-refractivity contribution in [3.8, 4) is 11.0 Å². The van der Waals surface area contributed by atoms with Crippen LogP contribution in [0.25, 0.3) is 27.4 Å². The predicted molar refractivity (Wildman–Crippen MR) is 104 cm³/mol. The molecule has 0 radical (unpaired) electrons. The first-order chi connectivity index (χ1) is 11.3. The van der Waals surface area contributed by atoms with Gasteiger partial charge in [0.2, 0.25) is 0 Å². The molecule has 0 aliphatic carbocycles. The van der Waals surface area contributed by atoms with Gasteiger partial charge in [-0.2, -0.15) is 0 Å². The molecular formula is C22H19B. The zero-order chi connectivity index (χ0) is 16.1. The Morgan fingerprint density at radius 2 is 1.78 bits per heavy atom. The molecule has 3 rings (SSSR count). The maximum absolute atomic E-state index is 4.26. The van der Waals surface area contributed by atoms with Crippen LogP contribution >= 0.6 is 0 Å². The molecule has 110 valence electrons. The van der Waals surface area contributed by atoms with Gasteiger partial charge >= 0.3 is 138 Å². The van der Waals surface area contributed by atoms with Gasteiger partial charge in [0.1, 0.15) is 0 Å². The van der Waals surface area contributed by atoms with Crippen molar-refractivity contribution < 1.29 is 0 Å². The molecule has 1 aromatic heterocycles. The predicted octanol–water partition coefficient (Wildman–Crippen LogP) is 5.99. The van der Waals surface area contributed by atoms with Crippen molar-refractivity contribution in [2.75, 3.05) is 0 Å². The van der Waals surface area contributed by atoms with Gasteiger partial charge in [0.05, 0.1) is 0 Å². The molecule has 1 heterocycles. The van der Waals surface area contributed by atoms with Crippen molar-refractivity contribution in [1.29, 1.82) is 0 Å². The average molecular weight is 294 g/mol. The first-order valence-corrected chi connectivity index (χ1v) is 7.87. The Morgan fingerprint density at radius 1 is 0.957 bits per heavy atom. The van der Waals surface area contributed by atoms with Crippen LogP contribution in [0.15, 0.2) is 91.4 Å². The zero-order valence-electron chi connectivity index (χ0n) is 13.4. The quantitative estimate of drug-likeness (QED) is 0.518. The number of fused-ring (bicyclic) bond motifs is 1. The molecule has 0 atom stereocenters. The van der Waals surface area contributed by atoms with Crippen LogP contribution in [0.5, 0.6) is 0 Å². The van der Waals surface area contributed by atoms with E-state index in [0.717, 1.165) is 5.57 Å². The summed E-state index contributed by atoms with van der Waals surface area (Å²) in [5.41, 5.74) is 4.69. The van der Waals surface area contributed by atoms with E-state index in [2.05, 4.69) is 74.1 Å². The number of allylic oxidation sites excluding steroid dienone is 5. The molecule has 3 aromatic rings. The van der Waals surface area contributed by atoms with E-state index in [1.807, 2.05) is 31.2 Å². The zero-order valence-corrected chi connectivity index (χ0v) is 13.4. The van der Waals surface area contributed by atoms with Crippen LogP contribution in [0.4, 0.5) is 0 Å². The molecule has 0 aliphatic rings. The summed E-state index contributed by atoms with van der Waals surface area (Å²) in [5, 5.41) is 2.50. The van der Waals surface area contributed by atoms with E-state index in [-0.39, 0.29) is 0 Å². The second kappa shape index (κ2) is 7.06.